The molecule has 0 aliphatic carbocycles. The molecule has 0 aliphatic rings. The Morgan fingerprint density at radius 2 is 1.40 bits per heavy atom. The van der Waals surface area contributed by atoms with Crippen molar-refractivity contribution in [1.82, 2.24) is 9.97 Å². The summed E-state index contributed by atoms with van der Waals surface area (Å²) in [5.41, 5.74) is 6.13. The molecule has 0 spiro atoms. The number of benzene rings is 5. The average molecular weight is 868 g/mol. The molecule has 0 saturated heterocycles. The van der Waals surface area contributed by atoms with Crippen LogP contribution in [0.5, 0.6) is 0 Å². The van der Waals surface area contributed by atoms with Crippen LogP contribution in [0.1, 0.15) is 73.1 Å². The van der Waals surface area contributed by atoms with Crippen molar-refractivity contribution in [2.24, 2.45) is 10.8 Å². The first-order valence-corrected chi connectivity index (χ1v) is 18.1. The minimum absolute atomic E-state index is 0. The molecule has 0 bridgehead atoms. The van der Waals surface area contributed by atoms with E-state index in [9.17, 15) is 9.90 Å². The number of aliphatic hydroxyl groups excluding tert-OH is 1. The molecule has 7 rings (SSSR count). The summed E-state index contributed by atoms with van der Waals surface area (Å²) >= 11 is 0. The summed E-state index contributed by atoms with van der Waals surface area (Å²) in [5, 5.41) is 15.6. The van der Waals surface area contributed by atoms with Gasteiger partial charge in [0.25, 0.3) is 0 Å². The number of aliphatic hydroxyl groups is 1. The zero-order chi connectivity index (χ0) is 36.3. The monoisotopic (exact) mass is 868 g/mol. The van der Waals surface area contributed by atoms with Crippen LogP contribution in [-0.2, 0) is 24.9 Å². The van der Waals surface area contributed by atoms with Crippen LogP contribution in [0.3, 0.4) is 0 Å². The number of hydrogen-bond acceptors (Lipinski definition) is 5. The molecule has 6 heteroatoms. The minimum atomic E-state index is -0.337. The van der Waals surface area contributed by atoms with E-state index in [0.29, 0.717) is 0 Å². The molecule has 1 N–H and O–H groups in total. The molecule has 5 aromatic carbocycles. The number of rotatable bonds is 9. The number of furan rings is 1. The fourth-order valence-electron chi connectivity index (χ4n) is 6.58. The first-order chi connectivity index (χ1) is 24.6. The van der Waals surface area contributed by atoms with Crippen LogP contribution in [0.15, 0.2) is 113 Å². The number of nitrogens with zero attached hydrogens (tertiary/aromatic N) is 2. The second-order valence-corrected chi connectivity index (χ2v) is 14.0. The predicted octanol–water partition coefficient (Wildman–Crippen LogP) is 12.8. The third kappa shape index (κ3) is 7.33. The molecule has 0 aliphatic heterocycles. The van der Waals surface area contributed by atoms with Gasteiger partial charge in [-0.2, -0.15) is 0 Å². The van der Waals surface area contributed by atoms with Crippen molar-refractivity contribution < 1.29 is 34.4 Å². The number of allylic oxidation sites excluding steroid dienone is 2. The quantitative estimate of drug-likeness (QED) is 0.0677. The molecule has 1 radical (unpaired) electrons. The summed E-state index contributed by atoms with van der Waals surface area (Å²) in [6.45, 7) is 14.0. The molecule has 269 valence electrons. The van der Waals surface area contributed by atoms with Crippen LogP contribution in [0.4, 0.5) is 0 Å². The number of fused-ring (bicyclic) bond motifs is 6. The largest absolute Gasteiger partial charge is 0.512 e. The van der Waals surface area contributed by atoms with E-state index in [4.69, 9.17) is 14.4 Å². The smallest absolute Gasteiger partial charge is 0.164 e. The van der Waals surface area contributed by atoms with Crippen LogP contribution in [0.2, 0.25) is 0 Å². The second kappa shape index (κ2) is 15.9. The van der Waals surface area contributed by atoms with Gasteiger partial charge in [-0.3, -0.25) is 9.78 Å². The van der Waals surface area contributed by atoms with Gasteiger partial charge in [0.2, 0.25) is 0 Å². The van der Waals surface area contributed by atoms with Crippen LogP contribution in [0.25, 0.3) is 66.0 Å². The van der Waals surface area contributed by atoms with Crippen molar-refractivity contribution in [1.29, 1.82) is 0 Å². The number of hydrogen-bond donors (Lipinski definition) is 1. The molecule has 2 heterocycles. The molecule has 0 saturated carbocycles. The summed E-state index contributed by atoms with van der Waals surface area (Å²) in [6.07, 6.45) is 4.75. The Morgan fingerprint density at radius 1 is 0.750 bits per heavy atom. The van der Waals surface area contributed by atoms with Crippen molar-refractivity contribution in [3.63, 3.8) is 0 Å². The van der Waals surface area contributed by atoms with Gasteiger partial charge in [0.1, 0.15) is 17.2 Å². The second-order valence-electron chi connectivity index (χ2n) is 14.0. The summed E-state index contributed by atoms with van der Waals surface area (Å²) in [7, 11) is 0. The zero-order valence-electron chi connectivity index (χ0n) is 31.1. The maximum Gasteiger partial charge on any atom is 0.164 e. The molecule has 0 amide bonds. The van der Waals surface area contributed by atoms with Gasteiger partial charge in [-0.15, -0.1) is 18.2 Å². The van der Waals surface area contributed by atoms with Gasteiger partial charge in [-0.1, -0.05) is 125 Å². The van der Waals surface area contributed by atoms with Crippen LogP contribution in [-0.4, -0.2) is 20.9 Å². The van der Waals surface area contributed by atoms with Crippen LogP contribution >= 0.6 is 0 Å². The molecule has 0 fully saturated rings. The van der Waals surface area contributed by atoms with E-state index in [0.717, 1.165) is 86.4 Å². The van der Waals surface area contributed by atoms with Gasteiger partial charge >= 0.3 is 0 Å². The van der Waals surface area contributed by atoms with E-state index < -0.39 is 0 Å². The topological polar surface area (TPSA) is 76.2 Å². The van der Waals surface area contributed by atoms with E-state index in [2.05, 4.69) is 72.8 Å². The maximum absolute atomic E-state index is 12.2. The zero-order valence-corrected chi connectivity index (χ0v) is 33.5. The molecule has 7 aromatic rings. The first kappa shape index (κ1) is 38.6. The number of carbonyl (C=O) groups is 1. The maximum atomic E-state index is 12.2. The number of para-hydroxylation sites is 1. The summed E-state index contributed by atoms with van der Waals surface area (Å²) in [5.74, 6) is 1.01. The van der Waals surface area contributed by atoms with E-state index in [-0.39, 0.29) is 42.5 Å². The summed E-state index contributed by atoms with van der Waals surface area (Å²) in [6, 6.07) is 36.8. The predicted molar refractivity (Wildman–Crippen MR) is 212 cm³/mol. The fourth-order valence-corrected chi connectivity index (χ4v) is 6.58. The standard InChI is InChI=1S/C31H19N2O.C15H28O2.Ir/c1-19-32-29-23-16-14-21(20-8-3-2-4-9-20)18-22(23)15-17-26(29)30(33-19)27-12-7-11-25-24-10-5-6-13-28(24)34-31(25)27;1-7-14(5,8-2)12(16)11-13(17)15(6,9-3)10-4;/h2-11,13-18H,1H3;11,16H,7-10H2,1-6H3;/q-1;;/b;12-11-;. The Balaban J connectivity index is 0.000000250. The molecule has 52 heavy (non-hydrogen) atoms. The molecule has 0 atom stereocenters. The van der Waals surface area contributed by atoms with E-state index in [1.807, 2.05) is 78.8 Å². The molecule has 5 nitrogen and oxygen atoms in total. The van der Waals surface area contributed by atoms with Gasteiger partial charge < -0.3 is 9.52 Å². The Bertz CT molecular complexity index is 2380. The Kier molecular flexibility index (Phi) is 11.8. The average Bonchev–Trinajstić information content (AvgIpc) is 3.56. The molecule has 2 aromatic heterocycles. The molecular formula is C46H47IrN2O3-. The van der Waals surface area contributed by atoms with Crippen molar-refractivity contribution >= 4 is 49.4 Å². The Labute approximate surface area is 320 Å². The third-order valence-electron chi connectivity index (χ3n) is 11.1. The Morgan fingerprint density at radius 3 is 2.10 bits per heavy atom. The van der Waals surface area contributed by atoms with Gasteiger partial charge in [-0.25, -0.2) is 4.98 Å². The van der Waals surface area contributed by atoms with Crippen LogP contribution < -0.4 is 0 Å². The number of carbonyl (C=O) groups excluding carboxylic acids is 1. The summed E-state index contributed by atoms with van der Waals surface area (Å²) < 4.78 is 6.29. The SMILES string of the molecule is CCC(C)(CC)C(=O)/C=C(\O)C(C)(CC)CC.Cc1nc(-c2[c-]ccc3c2oc2ccccc23)c2ccc3cc(-c4ccccc4)ccc3c2n1.[Ir]. The fraction of sp³-hybridized carbons (Fsp3) is 0.283. The number of aromatic nitrogens is 2. The van der Waals surface area contributed by atoms with Gasteiger partial charge in [0.15, 0.2) is 5.78 Å². The Hall–Kier alpha value is -4.64. The summed E-state index contributed by atoms with van der Waals surface area (Å²) in [4.78, 5) is 21.9. The number of ketones is 1. The van der Waals surface area contributed by atoms with Crippen molar-refractivity contribution in [3.05, 3.63) is 121 Å². The van der Waals surface area contributed by atoms with Gasteiger partial charge in [0, 0.05) is 53.5 Å². The first-order valence-electron chi connectivity index (χ1n) is 18.1. The molecule has 0 unspecified atom stereocenters. The van der Waals surface area contributed by atoms with Crippen LogP contribution in [0, 0.1) is 23.8 Å². The normalized spacial score (nSPS) is 12.2. The van der Waals surface area contributed by atoms with Gasteiger partial charge in [0.05, 0.1) is 11.1 Å². The third-order valence-corrected chi connectivity index (χ3v) is 11.1. The van der Waals surface area contributed by atoms with E-state index in [1.54, 1.807) is 0 Å². The van der Waals surface area contributed by atoms with Crippen molar-refractivity contribution in [3.8, 4) is 22.4 Å². The molecular weight excluding hydrogens is 821 g/mol. The van der Waals surface area contributed by atoms with E-state index >= 15 is 0 Å². The van der Waals surface area contributed by atoms with Crippen molar-refractivity contribution in [2.75, 3.05) is 0 Å². The van der Waals surface area contributed by atoms with E-state index in [1.165, 1.54) is 17.2 Å². The number of aryl methyl sites for hydroxylation is 1. The minimum Gasteiger partial charge on any atom is -0.512 e. The van der Waals surface area contributed by atoms with Crippen molar-refractivity contribution in [2.45, 2.75) is 74.1 Å². The van der Waals surface area contributed by atoms with Gasteiger partial charge in [-0.05, 0) is 66.6 Å².